The summed E-state index contributed by atoms with van der Waals surface area (Å²) in [6.07, 6.45) is 10.6. The highest BCUT2D eigenvalue weighted by Gasteiger charge is 2.23. The van der Waals surface area contributed by atoms with Crippen molar-refractivity contribution in [2.75, 3.05) is 0 Å². The van der Waals surface area contributed by atoms with E-state index in [1.807, 2.05) is 30.6 Å². The van der Waals surface area contributed by atoms with Crippen molar-refractivity contribution < 1.29 is 0 Å². The average Bonchev–Trinajstić information content (AvgIpc) is 3.50. The smallest absolute Gasteiger partial charge is 0.0893 e. The van der Waals surface area contributed by atoms with Gasteiger partial charge < -0.3 is 4.57 Å². The van der Waals surface area contributed by atoms with E-state index in [2.05, 4.69) is 143 Å². The van der Waals surface area contributed by atoms with Crippen LogP contribution in [0.4, 0.5) is 0 Å². The third kappa shape index (κ3) is 4.43. The van der Waals surface area contributed by atoms with Crippen LogP contribution in [0.1, 0.15) is 17.5 Å². The Morgan fingerprint density at radius 3 is 2.10 bits per heavy atom. The van der Waals surface area contributed by atoms with E-state index in [-0.39, 0.29) is 0 Å². The highest BCUT2D eigenvalue weighted by molar-refractivity contribution is 6.14. The maximum atomic E-state index is 4.90. The van der Waals surface area contributed by atoms with Crippen molar-refractivity contribution in [1.82, 2.24) is 14.5 Å². The fourth-order valence-electron chi connectivity index (χ4n) is 7.95. The number of allylic oxidation sites excluding steroid dienone is 1. The van der Waals surface area contributed by atoms with Gasteiger partial charge in [0.1, 0.15) is 0 Å². The molecular weight excluding hydrogens is 595 g/mol. The van der Waals surface area contributed by atoms with Gasteiger partial charge in [0.15, 0.2) is 0 Å². The van der Waals surface area contributed by atoms with E-state index in [9.17, 15) is 0 Å². The summed E-state index contributed by atoms with van der Waals surface area (Å²) in [5.74, 6) is 0. The van der Waals surface area contributed by atoms with Gasteiger partial charge in [-0.1, -0.05) is 103 Å². The van der Waals surface area contributed by atoms with Gasteiger partial charge in [-0.15, -0.1) is 0 Å². The summed E-state index contributed by atoms with van der Waals surface area (Å²) in [7, 11) is 0. The normalized spacial score (nSPS) is 12.7. The number of hydrogen-bond acceptors (Lipinski definition) is 2. The fourth-order valence-corrected chi connectivity index (χ4v) is 7.95. The highest BCUT2D eigenvalue weighted by atomic mass is 15.0. The van der Waals surface area contributed by atoms with E-state index in [0.29, 0.717) is 0 Å². The summed E-state index contributed by atoms with van der Waals surface area (Å²) in [5, 5.41) is 7.48. The van der Waals surface area contributed by atoms with Crippen LogP contribution in [0.3, 0.4) is 0 Å². The van der Waals surface area contributed by atoms with Gasteiger partial charge in [0.05, 0.1) is 28.6 Å². The number of fused-ring (bicyclic) bond motifs is 6. The van der Waals surface area contributed by atoms with Crippen molar-refractivity contribution in [2.45, 2.75) is 12.8 Å². The van der Waals surface area contributed by atoms with Gasteiger partial charge in [0.25, 0.3) is 0 Å². The zero-order chi connectivity index (χ0) is 32.3. The molecule has 0 N–H and O–H groups in total. The van der Waals surface area contributed by atoms with Crippen LogP contribution in [0.25, 0.3) is 88.8 Å². The van der Waals surface area contributed by atoms with Crippen molar-refractivity contribution >= 4 is 49.4 Å². The Morgan fingerprint density at radius 1 is 0.510 bits per heavy atom. The zero-order valence-electron chi connectivity index (χ0n) is 26.8. The summed E-state index contributed by atoms with van der Waals surface area (Å²) >= 11 is 0. The number of pyridine rings is 2. The average molecular weight is 626 g/mol. The fraction of sp³-hybridized carbons (Fsp3) is 0.0435. The van der Waals surface area contributed by atoms with E-state index >= 15 is 0 Å². The lowest BCUT2D eigenvalue weighted by Crippen LogP contribution is -2.02. The van der Waals surface area contributed by atoms with Gasteiger partial charge in [-0.3, -0.25) is 9.97 Å². The number of rotatable bonds is 4. The zero-order valence-corrected chi connectivity index (χ0v) is 26.8. The lowest BCUT2D eigenvalue weighted by atomic mass is 9.80. The molecular formula is C46H31N3. The number of aromatic nitrogens is 3. The molecule has 3 aromatic heterocycles. The minimum absolute atomic E-state index is 0.872. The largest absolute Gasteiger partial charge is 0.308 e. The Morgan fingerprint density at radius 2 is 1.24 bits per heavy atom. The van der Waals surface area contributed by atoms with Crippen LogP contribution in [0.5, 0.6) is 0 Å². The number of benzene rings is 6. The number of para-hydroxylation sites is 1. The van der Waals surface area contributed by atoms with Gasteiger partial charge in [0, 0.05) is 22.7 Å². The van der Waals surface area contributed by atoms with E-state index in [1.165, 1.54) is 65.7 Å². The predicted octanol–water partition coefficient (Wildman–Crippen LogP) is 11.8. The Bertz CT molecular complexity index is 2760. The quantitative estimate of drug-likeness (QED) is 0.195. The van der Waals surface area contributed by atoms with Crippen molar-refractivity contribution in [2.24, 2.45) is 0 Å². The molecule has 0 bridgehead atoms. The summed E-state index contributed by atoms with van der Waals surface area (Å²) < 4.78 is 2.34. The Hall–Kier alpha value is -6.32. The molecule has 1 aliphatic rings. The predicted molar refractivity (Wildman–Crippen MR) is 205 cm³/mol. The molecule has 3 heteroatoms. The first-order valence-electron chi connectivity index (χ1n) is 17.0. The molecule has 6 aromatic carbocycles. The van der Waals surface area contributed by atoms with E-state index in [1.54, 1.807) is 0 Å². The lowest BCUT2D eigenvalue weighted by molar-refractivity contribution is 0.991. The third-order valence-electron chi connectivity index (χ3n) is 10.1. The molecule has 0 unspecified atom stereocenters. The van der Waals surface area contributed by atoms with Crippen molar-refractivity contribution in [3.05, 3.63) is 169 Å². The second-order valence-corrected chi connectivity index (χ2v) is 12.9. The second-order valence-electron chi connectivity index (χ2n) is 12.9. The van der Waals surface area contributed by atoms with Gasteiger partial charge in [-0.05, 0) is 116 Å². The molecule has 3 heterocycles. The Balaban J connectivity index is 1.26. The minimum atomic E-state index is 0.872. The van der Waals surface area contributed by atoms with E-state index in [4.69, 9.17) is 4.98 Å². The first-order chi connectivity index (χ1) is 24.3. The SMILES string of the molecule is C1=Cc2c(c(-c3ccc4c(c3)c3cc(-c5ccccn5)ncc3n4-c3ccccc3)c3ccccc3c2-c2ccc3ccccc3c2)CC1. The maximum Gasteiger partial charge on any atom is 0.0893 e. The van der Waals surface area contributed by atoms with Crippen LogP contribution in [-0.4, -0.2) is 14.5 Å². The molecule has 0 amide bonds. The lowest BCUT2D eigenvalue weighted by Gasteiger charge is -2.24. The standard InChI is InChI=1S/C46H31N3/c1-2-14-34(15-3-1)49-43-24-23-33(27-39(43)40-28-42(48-29-44(40)49)41-20-10-11-25-47-41)46-37-18-8-6-16-35(37)45(36-17-7-9-19-38(36)46)32-22-21-30-12-4-5-13-31(30)26-32/h1-8,10-18,20-29H,9,19H2. The number of hydrogen-bond donors (Lipinski definition) is 0. The maximum absolute atomic E-state index is 4.90. The molecule has 3 nitrogen and oxygen atoms in total. The topological polar surface area (TPSA) is 30.7 Å². The Kier molecular flexibility index (Phi) is 6.31. The van der Waals surface area contributed by atoms with Crippen LogP contribution in [0.2, 0.25) is 0 Å². The first-order valence-corrected chi connectivity index (χ1v) is 17.0. The monoisotopic (exact) mass is 625 g/mol. The first kappa shape index (κ1) is 27.8. The van der Waals surface area contributed by atoms with Crippen LogP contribution < -0.4 is 0 Å². The highest BCUT2D eigenvalue weighted by Crippen LogP contribution is 2.46. The summed E-state index contributed by atoms with van der Waals surface area (Å²) in [6.45, 7) is 0. The van der Waals surface area contributed by atoms with Gasteiger partial charge in [0.2, 0.25) is 0 Å². The van der Waals surface area contributed by atoms with Crippen molar-refractivity contribution in [3.63, 3.8) is 0 Å². The van der Waals surface area contributed by atoms with Crippen molar-refractivity contribution in [1.29, 1.82) is 0 Å². The molecule has 1 aliphatic carbocycles. The molecule has 10 rings (SSSR count). The van der Waals surface area contributed by atoms with E-state index in [0.717, 1.165) is 41.0 Å². The molecule has 0 fully saturated rings. The van der Waals surface area contributed by atoms with Gasteiger partial charge in [-0.2, -0.15) is 0 Å². The van der Waals surface area contributed by atoms with E-state index < -0.39 is 0 Å². The van der Waals surface area contributed by atoms with Crippen LogP contribution in [0, 0.1) is 0 Å². The van der Waals surface area contributed by atoms with Crippen molar-refractivity contribution in [3.8, 4) is 39.3 Å². The minimum Gasteiger partial charge on any atom is -0.308 e. The third-order valence-corrected chi connectivity index (χ3v) is 10.1. The molecule has 230 valence electrons. The van der Waals surface area contributed by atoms with Crippen LogP contribution >= 0.6 is 0 Å². The summed E-state index contributed by atoms with van der Waals surface area (Å²) in [4.78, 5) is 9.53. The molecule has 0 radical (unpaired) electrons. The molecule has 49 heavy (non-hydrogen) atoms. The molecule has 0 saturated heterocycles. The second kappa shape index (κ2) is 11.1. The molecule has 0 atom stereocenters. The van der Waals surface area contributed by atoms with Gasteiger partial charge in [-0.25, -0.2) is 0 Å². The molecule has 0 spiro atoms. The van der Waals surface area contributed by atoms with Crippen LogP contribution in [-0.2, 0) is 6.42 Å². The van der Waals surface area contributed by atoms with Gasteiger partial charge >= 0.3 is 0 Å². The van der Waals surface area contributed by atoms with Crippen LogP contribution in [0.15, 0.2) is 158 Å². The number of nitrogens with zero attached hydrogens (tertiary/aromatic N) is 3. The molecule has 0 saturated carbocycles. The summed E-state index contributed by atoms with van der Waals surface area (Å²) in [6, 6.07) is 50.4. The molecule has 9 aromatic rings. The molecule has 0 aliphatic heterocycles. The summed E-state index contributed by atoms with van der Waals surface area (Å²) in [5.41, 5.74) is 13.0. The Labute approximate surface area is 284 Å².